The Bertz CT molecular complexity index is 811. The number of benzene rings is 1. The second-order valence-corrected chi connectivity index (χ2v) is 6.13. The van der Waals surface area contributed by atoms with Gasteiger partial charge in [0.25, 0.3) is 0 Å². The first-order valence-corrected chi connectivity index (χ1v) is 8.01. The molecule has 130 valence electrons. The minimum atomic E-state index is -1.17. The number of anilines is 1. The van der Waals surface area contributed by atoms with Crippen LogP contribution in [-0.4, -0.2) is 16.9 Å². The van der Waals surface area contributed by atoms with Gasteiger partial charge in [-0.3, -0.25) is 9.59 Å². The molecule has 4 nitrogen and oxygen atoms in total. The highest BCUT2D eigenvalue weighted by Gasteiger charge is 2.39. The van der Waals surface area contributed by atoms with Gasteiger partial charge in [0.1, 0.15) is 17.6 Å². The molecule has 2 N–H and O–H groups in total. The Labute approximate surface area is 143 Å². The smallest absolute Gasteiger partial charge is 0.315 e. The highest BCUT2D eigenvalue weighted by Crippen LogP contribution is 2.36. The molecule has 2 aliphatic carbocycles. The molecule has 0 bridgehead atoms. The van der Waals surface area contributed by atoms with Crippen molar-refractivity contribution in [2.45, 2.75) is 19.3 Å². The zero-order valence-electron chi connectivity index (χ0n) is 13.3. The Kier molecular flexibility index (Phi) is 4.79. The van der Waals surface area contributed by atoms with E-state index in [-0.39, 0.29) is 12.1 Å². The van der Waals surface area contributed by atoms with Crippen molar-refractivity contribution in [1.29, 1.82) is 0 Å². The third-order valence-electron chi connectivity index (χ3n) is 4.41. The van der Waals surface area contributed by atoms with E-state index in [4.69, 9.17) is 0 Å². The molecule has 0 spiro atoms. The number of ketones is 1. The second-order valence-electron chi connectivity index (χ2n) is 6.13. The summed E-state index contributed by atoms with van der Waals surface area (Å²) in [5.74, 6) is -4.85. The minimum Gasteiger partial charge on any atom is -0.481 e. The summed E-state index contributed by atoms with van der Waals surface area (Å²) < 4.78 is 26.8. The van der Waals surface area contributed by atoms with E-state index in [1.165, 1.54) is 12.1 Å². The van der Waals surface area contributed by atoms with Gasteiger partial charge in [-0.2, -0.15) is 0 Å². The Balaban J connectivity index is 1.89. The first kappa shape index (κ1) is 17.1. The van der Waals surface area contributed by atoms with Gasteiger partial charge in [0.2, 0.25) is 0 Å². The Morgan fingerprint density at radius 1 is 1.24 bits per heavy atom. The lowest BCUT2D eigenvalue weighted by Crippen LogP contribution is -2.36. The molecule has 2 unspecified atom stereocenters. The van der Waals surface area contributed by atoms with Gasteiger partial charge in [0, 0.05) is 23.8 Å². The van der Waals surface area contributed by atoms with E-state index in [0.29, 0.717) is 5.70 Å². The van der Waals surface area contributed by atoms with Crippen molar-refractivity contribution in [2.24, 2.45) is 11.8 Å². The molecule has 2 atom stereocenters. The summed E-state index contributed by atoms with van der Waals surface area (Å²) in [5, 5.41) is 12.2. The van der Waals surface area contributed by atoms with Crippen LogP contribution in [-0.2, 0) is 9.59 Å². The molecule has 0 aromatic heterocycles. The van der Waals surface area contributed by atoms with Crippen LogP contribution < -0.4 is 5.32 Å². The lowest BCUT2D eigenvalue weighted by molar-refractivity contribution is -0.147. The molecule has 3 rings (SSSR count). The number of hydrogen-bond acceptors (Lipinski definition) is 3. The van der Waals surface area contributed by atoms with Gasteiger partial charge >= 0.3 is 5.97 Å². The standard InChI is InChI=1S/C19H17F2NO3/c20-12-6-7-16(15(21)8-12)22-13-9-14(11-4-2-1-3-5-11)18(19(24)25)17(23)10-13/h2,4-8,10,14,18,22H,1,3,9H2,(H,24,25). The number of hydrogen-bond donors (Lipinski definition) is 2. The number of rotatable bonds is 4. The summed E-state index contributed by atoms with van der Waals surface area (Å²) in [7, 11) is 0. The fraction of sp³-hybridized carbons (Fsp3) is 0.263. The number of carbonyl (C=O) groups excluding carboxylic acids is 1. The molecule has 0 radical (unpaired) electrons. The van der Waals surface area contributed by atoms with Crippen LogP contribution in [0.5, 0.6) is 0 Å². The third kappa shape index (κ3) is 3.68. The van der Waals surface area contributed by atoms with Gasteiger partial charge in [-0.15, -0.1) is 0 Å². The first-order chi connectivity index (χ1) is 12.0. The lowest BCUT2D eigenvalue weighted by Gasteiger charge is -2.30. The van der Waals surface area contributed by atoms with Crippen molar-refractivity contribution in [3.8, 4) is 0 Å². The van der Waals surface area contributed by atoms with Crippen LogP contribution in [0.15, 0.2) is 53.8 Å². The van der Waals surface area contributed by atoms with E-state index in [1.54, 1.807) is 0 Å². The summed E-state index contributed by atoms with van der Waals surface area (Å²) in [5.41, 5.74) is 1.26. The first-order valence-electron chi connectivity index (χ1n) is 8.01. The number of nitrogens with one attached hydrogen (secondary N) is 1. The van der Waals surface area contributed by atoms with Crippen LogP contribution in [0, 0.1) is 23.5 Å². The second kappa shape index (κ2) is 7.01. The predicted octanol–water partition coefficient (Wildman–Crippen LogP) is 3.83. The van der Waals surface area contributed by atoms with Gasteiger partial charge in [-0.1, -0.05) is 18.2 Å². The van der Waals surface area contributed by atoms with Gasteiger partial charge in [-0.05, 0) is 37.0 Å². The molecule has 6 heteroatoms. The van der Waals surface area contributed by atoms with Crippen molar-refractivity contribution >= 4 is 17.4 Å². The molecule has 1 aromatic rings. The molecule has 25 heavy (non-hydrogen) atoms. The van der Waals surface area contributed by atoms with Gasteiger partial charge in [0.05, 0.1) is 5.69 Å². The maximum absolute atomic E-state index is 13.8. The molecular formula is C19H17F2NO3. The average Bonchev–Trinajstić information content (AvgIpc) is 2.57. The fourth-order valence-corrected chi connectivity index (χ4v) is 3.24. The maximum atomic E-state index is 13.8. The summed E-state index contributed by atoms with van der Waals surface area (Å²) in [6.07, 6.45) is 8.87. The van der Waals surface area contributed by atoms with Crippen LogP contribution in [0.2, 0.25) is 0 Å². The van der Waals surface area contributed by atoms with E-state index in [1.807, 2.05) is 18.2 Å². The van der Waals surface area contributed by atoms with Gasteiger partial charge in [-0.25, -0.2) is 8.78 Å². The number of allylic oxidation sites excluding steroid dienone is 6. The summed E-state index contributed by atoms with van der Waals surface area (Å²) >= 11 is 0. The Hall–Kier alpha value is -2.76. The van der Waals surface area contributed by atoms with Crippen LogP contribution in [0.4, 0.5) is 14.5 Å². The zero-order valence-corrected chi connectivity index (χ0v) is 13.3. The van der Waals surface area contributed by atoms with E-state index in [9.17, 15) is 23.5 Å². The minimum absolute atomic E-state index is 0.0427. The molecule has 0 saturated carbocycles. The summed E-state index contributed by atoms with van der Waals surface area (Å²) in [6.45, 7) is 0. The molecule has 0 saturated heterocycles. The monoisotopic (exact) mass is 345 g/mol. The number of carbonyl (C=O) groups is 2. The molecule has 0 fully saturated rings. The zero-order chi connectivity index (χ0) is 18.0. The van der Waals surface area contributed by atoms with Crippen LogP contribution >= 0.6 is 0 Å². The van der Waals surface area contributed by atoms with E-state index >= 15 is 0 Å². The van der Waals surface area contributed by atoms with Crippen LogP contribution in [0.3, 0.4) is 0 Å². The van der Waals surface area contributed by atoms with Gasteiger partial charge < -0.3 is 10.4 Å². The fourth-order valence-electron chi connectivity index (χ4n) is 3.24. The summed E-state index contributed by atoms with van der Waals surface area (Å²) in [6, 6.07) is 3.10. The molecule has 0 heterocycles. The van der Waals surface area contributed by atoms with E-state index < -0.39 is 35.2 Å². The highest BCUT2D eigenvalue weighted by molar-refractivity contribution is 6.06. The van der Waals surface area contributed by atoms with Crippen LogP contribution in [0.1, 0.15) is 19.3 Å². The number of halogens is 2. The van der Waals surface area contributed by atoms with E-state index in [2.05, 4.69) is 5.32 Å². The van der Waals surface area contributed by atoms with E-state index in [0.717, 1.165) is 30.5 Å². The predicted molar refractivity (Wildman–Crippen MR) is 88.8 cm³/mol. The van der Waals surface area contributed by atoms with Crippen LogP contribution in [0.25, 0.3) is 0 Å². The SMILES string of the molecule is O=C(O)C1C(=O)C=C(Nc2ccc(F)cc2F)CC1C1=CCCC=C1. The lowest BCUT2D eigenvalue weighted by atomic mass is 9.75. The topological polar surface area (TPSA) is 66.4 Å². The van der Waals surface area contributed by atoms with Crippen molar-refractivity contribution in [3.05, 3.63) is 65.4 Å². The van der Waals surface area contributed by atoms with Crippen molar-refractivity contribution in [3.63, 3.8) is 0 Å². The Morgan fingerprint density at radius 3 is 2.68 bits per heavy atom. The normalized spacial score (nSPS) is 23.0. The quantitative estimate of drug-likeness (QED) is 0.814. The number of carboxylic acid groups (broad SMARTS) is 1. The highest BCUT2D eigenvalue weighted by atomic mass is 19.1. The largest absolute Gasteiger partial charge is 0.481 e. The average molecular weight is 345 g/mol. The molecular weight excluding hydrogens is 328 g/mol. The van der Waals surface area contributed by atoms with Gasteiger partial charge in [0.15, 0.2) is 5.78 Å². The van der Waals surface area contributed by atoms with Crippen molar-refractivity contribution < 1.29 is 23.5 Å². The number of aliphatic carboxylic acids is 1. The molecule has 2 aliphatic rings. The molecule has 0 aliphatic heterocycles. The summed E-state index contributed by atoms with van der Waals surface area (Å²) in [4.78, 5) is 23.9. The van der Waals surface area contributed by atoms with Crippen molar-refractivity contribution in [1.82, 2.24) is 0 Å². The molecule has 1 aromatic carbocycles. The molecule has 0 amide bonds. The van der Waals surface area contributed by atoms with Crippen molar-refractivity contribution in [2.75, 3.05) is 5.32 Å². The maximum Gasteiger partial charge on any atom is 0.315 e. The third-order valence-corrected chi connectivity index (χ3v) is 4.41. The Morgan fingerprint density at radius 2 is 2.04 bits per heavy atom. The number of carboxylic acids is 1.